The number of hydrogen-bond acceptors (Lipinski definition) is 2. The Hall–Kier alpha value is -3.05. The number of nitrogens with one attached hydrogen (secondary N) is 2. The van der Waals surface area contributed by atoms with Crippen LogP contribution in [-0.2, 0) is 19.5 Å². The minimum absolute atomic E-state index is 0.00568. The van der Waals surface area contributed by atoms with Crippen LogP contribution < -0.4 is 16.2 Å². The Balaban J connectivity index is 1.54. The van der Waals surface area contributed by atoms with E-state index in [-0.39, 0.29) is 5.56 Å². The average molecular weight is 423 g/mol. The van der Waals surface area contributed by atoms with Crippen LogP contribution >= 0.6 is 11.6 Å². The van der Waals surface area contributed by atoms with Gasteiger partial charge in [0.15, 0.2) is 5.96 Å². The third kappa shape index (κ3) is 6.78. The Morgan fingerprint density at radius 1 is 0.933 bits per heavy atom. The molecule has 0 aliphatic rings. The van der Waals surface area contributed by atoms with Crippen molar-refractivity contribution in [3.63, 3.8) is 0 Å². The number of pyridine rings is 1. The summed E-state index contributed by atoms with van der Waals surface area (Å²) in [5.41, 5.74) is 3.44. The summed E-state index contributed by atoms with van der Waals surface area (Å²) in [6.07, 6.45) is 2.70. The first-order valence-corrected chi connectivity index (χ1v) is 10.5. The van der Waals surface area contributed by atoms with E-state index in [4.69, 9.17) is 11.6 Å². The monoisotopic (exact) mass is 422 g/mol. The molecule has 0 fully saturated rings. The van der Waals surface area contributed by atoms with Gasteiger partial charge in [-0.05, 0) is 48.2 Å². The lowest BCUT2D eigenvalue weighted by atomic mass is 10.1. The zero-order valence-electron chi connectivity index (χ0n) is 17.1. The summed E-state index contributed by atoms with van der Waals surface area (Å²) in [4.78, 5) is 16.5. The summed E-state index contributed by atoms with van der Waals surface area (Å²) in [6.45, 7) is 4.80. The molecule has 0 amide bonds. The maximum Gasteiger partial charge on any atom is 0.250 e. The van der Waals surface area contributed by atoms with Crippen molar-refractivity contribution in [2.24, 2.45) is 4.99 Å². The van der Waals surface area contributed by atoms with Gasteiger partial charge >= 0.3 is 0 Å². The molecular weight excluding hydrogens is 396 g/mol. The molecule has 0 atom stereocenters. The number of guanidine groups is 1. The summed E-state index contributed by atoms with van der Waals surface area (Å²) in [5, 5.41) is 7.40. The van der Waals surface area contributed by atoms with Crippen LogP contribution in [0.4, 0.5) is 0 Å². The standard InChI is InChI=1S/C24H27ClN4O/c1-2-26-24(27-15-14-19-10-12-22(25)13-11-19)28-17-20-6-8-21(9-7-20)18-29-16-4-3-5-23(29)30/h3-13,16H,2,14-15,17-18H2,1H3,(H2,26,27,28). The van der Waals surface area contributed by atoms with Crippen molar-refractivity contribution in [2.45, 2.75) is 26.4 Å². The summed E-state index contributed by atoms with van der Waals surface area (Å²) < 4.78 is 1.70. The van der Waals surface area contributed by atoms with E-state index in [0.29, 0.717) is 13.1 Å². The third-order valence-electron chi connectivity index (χ3n) is 4.66. The Kier molecular flexibility index (Phi) is 8.10. The molecule has 0 aliphatic carbocycles. The van der Waals surface area contributed by atoms with Crippen LogP contribution in [0, 0.1) is 0 Å². The molecule has 0 spiro atoms. The van der Waals surface area contributed by atoms with Crippen molar-refractivity contribution in [3.8, 4) is 0 Å². The van der Waals surface area contributed by atoms with Crippen molar-refractivity contribution in [2.75, 3.05) is 13.1 Å². The first kappa shape index (κ1) is 21.7. The van der Waals surface area contributed by atoms with Gasteiger partial charge < -0.3 is 15.2 Å². The molecule has 0 saturated carbocycles. The van der Waals surface area contributed by atoms with E-state index in [1.165, 1.54) is 5.56 Å². The molecule has 0 bridgehead atoms. The van der Waals surface area contributed by atoms with Crippen molar-refractivity contribution < 1.29 is 0 Å². The van der Waals surface area contributed by atoms with E-state index in [0.717, 1.165) is 41.6 Å². The minimum atomic E-state index is 0.00568. The maximum absolute atomic E-state index is 11.8. The fraction of sp³-hybridized carbons (Fsp3) is 0.250. The molecular formula is C24H27ClN4O. The fourth-order valence-corrected chi connectivity index (χ4v) is 3.15. The number of rotatable bonds is 8. The first-order chi connectivity index (χ1) is 14.6. The van der Waals surface area contributed by atoms with E-state index in [9.17, 15) is 4.79 Å². The number of hydrogen-bond donors (Lipinski definition) is 2. The molecule has 0 unspecified atom stereocenters. The van der Waals surface area contributed by atoms with Crippen LogP contribution in [0.2, 0.25) is 5.02 Å². The fourth-order valence-electron chi connectivity index (χ4n) is 3.03. The second kappa shape index (κ2) is 11.2. The van der Waals surface area contributed by atoms with Gasteiger partial charge in [-0.2, -0.15) is 0 Å². The molecule has 2 aromatic carbocycles. The molecule has 5 nitrogen and oxygen atoms in total. The van der Waals surface area contributed by atoms with Gasteiger partial charge in [0.25, 0.3) is 5.56 Å². The van der Waals surface area contributed by atoms with Crippen molar-refractivity contribution in [3.05, 3.63) is 105 Å². The van der Waals surface area contributed by atoms with E-state index < -0.39 is 0 Å². The average Bonchev–Trinajstić information content (AvgIpc) is 2.76. The molecule has 2 N–H and O–H groups in total. The minimum Gasteiger partial charge on any atom is -0.357 e. The summed E-state index contributed by atoms with van der Waals surface area (Å²) in [6, 6.07) is 21.3. The maximum atomic E-state index is 11.8. The first-order valence-electron chi connectivity index (χ1n) is 10.1. The van der Waals surface area contributed by atoms with Gasteiger partial charge in [0, 0.05) is 30.4 Å². The predicted octanol–water partition coefficient (Wildman–Crippen LogP) is 3.85. The Morgan fingerprint density at radius 3 is 2.33 bits per heavy atom. The zero-order chi connectivity index (χ0) is 21.2. The SMILES string of the molecule is CCNC(=NCc1ccc(Cn2ccccc2=O)cc1)NCCc1ccc(Cl)cc1. The van der Waals surface area contributed by atoms with Gasteiger partial charge in [-0.15, -0.1) is 0 Å². The third-order valence-corrected chi connectivity index (χ3v) is 4.91. The Morgan fingerprint density at radius 2 is 1.63 bits per heavy atom. The number of nitrogens with zero attached hydrogens (tertiary/aromatic N) is 2. The topological polar surface area (TPSA) is 58.4 Å². The largest absolute Gasteiger partial charge is 0.357 e. The van der Waals surface area contributed by atoms with Gasteiger partial charge in [0.05, 0.1) is 13.1 Å². The predicted molar refractivity (Wildman–Crippen MR) is 124 cm³/mol. The molecule has 1 heterocycles. The number of halogens is 1. The number of benzene rings is 2. The smallest absolute Gasteiger partial charge is 0.250 e. The lowest BCUT2D eigenvalue weighted by molar-refractivity contribution is 0.759. The normalized spacial score (nSPS) is 11.3. The van der Waals surface area contributed by atoms with Gasteiger partial charge in [0.1, 0.15) is 0 Å². The van der Waals surface area contributed by atoms with E-state index in [1.54, 1.807) is 22.9 Å². The number of aromatic nitrogens is 1. The molecule has 0 saturated heterocycles. The zero-order valence-corrected chi connectivity index (χ0v) is 17.9. The van der Waals surface area contributed by atoms with E-state index in [2.05, 4.69) is 34.7 Å². The molecule has 3 rings (SSSR count). The van der Waals surface area contributed by atoms with Crippen LogP contribution in [0.15, 0.2) is 82.7 Å². The quantitative estimate of drug-likeness (QED) is 0.428. The summed E-state index contributed by atoms with van der Waals surface area (Å²) in [7, 11) is 0. The van der Waals surface area contributed by atoms with Gasteiger partial charge in [0.2, 0.25) is 0 Å². The summed E-state index contributed by atoms with van der Waals surface area (Å²) in [5.74, 6) is 0.798. The Bertz CT molecular complexity index is 1010. The van der Waals surface area contributed by atoms with Crippen LogP contribution in [0.1, 0.15) is 23.6 Å². The van der Waals surface area contributed by atoms with Gasteiger partial charge in [-0.25, -0.2) is 4.99 Å². The Labute approximate surface area is 182 Å². The molecule has 0 aliphatic heterocycles. The number of aliphatic imine (C=N–C) groups is 1. The van der Waals surface area contributed by atoms with Crippen LogP contribution in [0.25, 0.3) is 0 Å². The lowest BCUT2D eigenvalue weighted by Crippen LogP contribution is -2.38. The molecule has 1 aromatic heterocycles. The highest BCUT2D eigenvalue weighted by Gasteiger charge is 2.01. The lowest BCUT2D eigenvalue weighted by Gasteiger charge is -2.11. The van der Waals surface area contributed by atoms with Crippen molar-refractivity contribution in [1.82, 2.24) is 15.2 Å². The van der Waals surface area contributed by atoms with Gasteiger partial charge in [-0.3, -0.25) is 4.79 Å². The molecule has 30 heavy (non-hydrogen) atoms. The second-order valence-corrected chi connectivity index (χ2v) is 7.42. The van der Waals surface area contributed by atoms with Crippen molar-refractivity contribution in [1.29, 1.82) is 0 Å². The van der Waals surface area contributed by atoms with Gasteiger partial charge in [-0.1, -0.05) is 54.1 Å². The van der Waals surface area contributed by atoms with Crippen LogP contribution in [0.5, 0.6) is 0 Å². The molecule has 156 valence electrons. The highest BCUT2D eigenvalue weighted by Crippen LogP contribution is 2.10. The van der Waals surface area contributed by atoms with Crippen LogP contribution in [-0.4, -0.2) is 23.6 Å². The second-order valence-electron chi connectivity index (χ2n) is 6.98. The highest BCUT2D eigenvalue weighted by atomic mass is 35.5. The molecule has 0 radical (unpaired) electrons. The summed E-state index contributed by atoms with van der Waals surface area (Å²) >= 11 is 5.93. The van der Waals surface area contributed by atoms with E-state index >= 15 is 0 Å². The van der Waals surface area contributed by atoms with Crippen LogP contribution in [0.3, 0.4) is 0 Å². The molecule has 6 heteroatoms. The molecule has 3 aromatic rings. The highest BCUT2D eigenvalue weighted by molar-refractivity contribution is 6.30. The van der Waals surface area contributed by atoms with E-state index in [1.807, 2.05) is 42.5 Å². The van der Waals surface area contributed by atoms with Crippen molar-refractivity contribution >= 4 is 17.6 Å².